The van der Waals surface area contributed by atoms with Crippen molar-refractivity contribution in [1.29, 1.82) is 0 Å². The van der Waals surface area contributed by atoms with Gasteiger partial charge in [0.05, 0.1) is 23.5 Å². The zero-order chi connectivity index (χ0) is 14.7. The maximum absolute atomic E-state index is 13.5. The van der Waals surface area contributed by atoms with Crippen LogP contribution in [0.3, 0.4) is 0 Å². The van der Waals surface area contributed by atoms with Crippen LogP contribution in [0, 0.1) is 5.82 Å². The summed E-state index contributed by atoms with van der Waals surface area (Å²) in [5.74, 6) is -1.44. The Balaban J connectivity index is 2.18. The van der Waals surface area contributed by atoms with E-state index >= 15 is 0 Å². The fourth-order valence-corrected chi connectivity index (χ4v) is 2.45. The smallest absolute Gasteiger partial charge is 0.387 e. The van der Waals surface area contributed by atoms with Crippen LogP contribution in [0.15, 0.2) is 12.1 Å². The number of nitrogens with one attached hydrogen (secondary N) is 1. The van der Waals surface area contributed by atoms with E-state index in [2.05, 4.69) is 10.1 Å². The second kappa shape index (κ2) is 6.21. The summed E-state index contributed by atoms with van der Waals surface area (Å²) >= 11 is 0. The largest absolute Gasteiger partial charge is 0.432 e. The molecule has 7 heteroatoms. The van der Waals surface area contributed by atoms with Crippen molar-refractivity contribution in [2.45, 2.75) is 38.0 Å². The fourth-order valence-electron chi connectivity index (χ4n) is 2.45. The Morgan fingerprint density at radius 1 is 1.35 bits per heavy atom. The van der Waals surface area contributed by atoms with Gasteiger partial charge in [0.25, 0.3) is 0 Å². The van der Waals surface area contributed by atoms with E-state index in [1.165, 1.54) is 0 Å². The number of anilines is 2. The Morgan fingerprint density at radius 3 is 2.75 bits per heavy atom. The SMILES string of the molecule is COC1CCCC1Nc1cc(OC(F)F)c(F)cc1N. The van der Waals surface area contributed by atoms with E-state index in [9.17, 15) is 13.2 Å². The van der Waals surface area contributed by atoms with Gasteiger partial charge in [-0.05, 0) is 19.3 Å². The Hall–Kier alpha value is -1.63. The van der Waals surface area contributed by atoms with Crippen LogP contribution in [0.4, 0.5) is 24.5 Å². The fraction of sp³-hybridized carbons (Fsp3) is 0.538. The molecule has 1 fully saturated rings. The van der Waals surface area contributed by atoms with Gasteiger partial charge in [0.1, 0.15) is 0 Å². The number of hydrogen-bond acceptors (Lipinski definition) is 4. The average molecular weight is 290 g/mol. The minimum absolute atomic E-state index is 0.0205. The molecule has 1 aliphatic carbocycles. The third-order valence-electron chi connectivity index (χ3n) is 3.42. The molecule has 0 radical (unpaired) electrons. The predicted molar refractivity (Wildman–Crippen MR) is 69.5 cm³/mol. The lowest BCUT2D eigenvalue weighted by Crippen LogP contribution is -2.30. The summed E-state index contributed by atoms with van der Waals surface area (Å²) in [7, 11) is 1.62. The lowest BCUT2D eigenvalue weighted by molar-refractivity contribution is -0.0521. The number of hydrogen-bond donors (Lipinski definition) is 2. The topological polar surface area (TPSA) is 56.5 Å². The summed E-state index contributed by atoms with van der Waals surface area (Å²) in [6, 6.07) is 2.14. The van der Waals surface area contributed by atoms with E-state index in [-0.39, 0.29) is 17.8 Å². The van der Waals surface area contributed by atoms with Crippen LogP contribution in [0.2, 0.25) is 0 Å². The predicted octanol–water partition coefficient (Wildman–Crippen LogP) is 2.99. The van der Waals surface area contributed by atoms with Gasteiger partial charge in [-0.3, -0.25) is 0 Å². The number of halogens is 3. The van der Waals surface area contributed by atoms with Crippen molar-refractivity contribution in [3.8, 4) is 5.75 Å². The van der Waals surface area contributed by atoms with Crippen molar-refractivity contribution in [2.75, 3.05) is 18.2 Å². The minimum Gasteiger partial charge on any atom is -0.432 e. The number of methoxy groups -OCH3 is 1. The molecule has 2 unspecified atom stereocenters. The molecule has 4 nitrogen and oxygen atoms in total. The lowest BCUT2D eigenvalue weighted by atomic mass is 10.1. The first-order chi connectivity index (χ1) is 9.51. The average Bonchev–Trinajstić information content (AvgIpc) is 2.82. The third kappa shape index (κ3) is 3.27. The normalized spacial score (nSPS) is 22.2. The first-order valence-corrected chi connectivity index (χ1v) is 6.34. The molecular weight excluding hydrogens is 273 g/mol. The Labute approximate surface area is 115 Å². The summed E-state index contributed by atoms with van der Waals surface area (Å²) in [5, 5.41) is 3.11. The van der Waals surface area contributed by atoms with Crippen LogP contribution in [0.5, 0.6) is 5.75 Å². The monoisotopic (exact) mass is 290 g/mol. The Bertz CT molecular complexity index is 471. The molecule has 3 N–H and O–H groups in total. The molecule has 20 heavy (non-hydrogen) atoms. The van der Waals surface area contributed by atoms with E-state index in [4.69, 9.17) is 10.5 Å². The van der Waals surface area contributed by atoms with Crippen LogP contribution in [-0.2, 0) is 4.74 Å². The third-order valence-corrected chi connectivity index (χ3v) is 3.42. The zero-order valence-corrected chi connectivity index (χ0v) is 11.0. The molecule has 0 amide bonds. The molecule has 1 aromatic rings. The minimum atomic E-state index is -3.08. The van der Waals surface area contributed by atoms with Crippen LogP contribution in [0.25, 0.3) is 0 Å². The van der Waals surface area contributed by atoms with Crippen LogP contribution in [0.1, 0.15) is 19.3 Å². The summed E-state index contributed by atoms with van der Waals surface area (Å²) < 4.78 is 47.3. The number of nitrogens with two attached hydrogens (primary N) is 1. The van der Waals surface area contributed by atoms with E-state index in [1.54, 1.807) is 7.11 Å². The van der Waals surface area contributed by atoms with Crippen LogP contribution >= 0.6 is 0 Å². The van der Waals surface area contributed by atoms with Gasteiger partial charge in [0.15, 0.2) is 11.6 Å². The second-order valence-corrected chi connectivity index (χ2v) is 4.70. The molecular formula is C13H17F3N2O2. The molecule has 1 saturated carbocycles. The van der Waals surface area contributed by atoms with Crippen molar-refractivity contribution < 1.29 is 22.6 Å². The van der Waals surface area contributed by atoms with Crippen LogP contribution < -0.4 is 15.8 Å². The van der Waals surface area contributed by atoms with E-state index in [0.29, 0.717) is 5.69 Å². The number of nitrogen functional groups attached to an aromatic ring is 1. The molecule has 1 aromatic carbocycles. The number of alkyl halides is 2. The molecule has 0 spiro atoms. The molecule has 2 rings (SSSR count). The molecule has 1 aliphatic rings. The molecule has 0 saturated heterocycles. The number of ether oxygens (including phenoxy) is 2. The summed E-state index contributed by atoms with van der Waals surface area (Å²) in [5.41, 5.74) is 6.22. The van der Waals surface area contributed by atoms with Crippen molar-refractivity contribution in [1.82, 2.24) is 0 Å². The van der Waals surface area contributed by atoms with E-state index < -0.39 is 18.2 Å². The highest BCUT2D eigenvalue weighted by molar-refractivity contribution is 5.69. The summed E-state index contributed by atoms with van der Waals surface area (Å²) in [4.78, 5) is 0. The lowest BCUT2D eigenvalue weighted by Gasteiger charge is -2.22. The first kappa shape index (κ1) is 14.8. The molecule has 0 heterocycles. The first-order valence-electron chi connectivity index (χ1n) is 6.34. The van der Waals surface area contributed by atoms with Gasteiger partial charge in [-0.25, -0.2) is 4.39 Å². The quantitative estimate of drug-likeness (QED) is 0.819. The van der Waals surface area contributed by atoms with Gasteiger partial charge in [0.2, 0.25) is 0 Å². The zero-order valence-electron chi connectivity index (χ0n) is 11.0. The standard InChI is InChI=1S/C13H17F3N2O2/c1-19-11-4-2-3-9(11)18-10-6-12(20-13(15)16)7(14)5-8(10)17/h5-6,9,11,13,18H,2-4,17H2,1H3. The van der Waals surface area contributed by atoms with Crippen molar-refractivity contribution in [3.63, 3.8) is 0 Å². The summed E-state index contributed by atoms with van der Waals surface area (Å²) in [6.07, 6.45) is 2.81. The number of rotatable bonds is 5. The maximum atomic E-state index is 13.5. The van der Waals surface area contributed by atoms with Crippen molar-refractivity contribution >= 4 is 11.4 Å². The van der Waals surface area contributed by atoms with E-state index in [1.807, 2.05) is 0 Å². The van der Waals surface area contributed by atoms with Crippen molar-refractivity contribution in [3.05, 3.63) is 17.9 Å². The Morgan fingerprint density at radius 2 is 2.10 bits per heavy atom. The van der Waals surface area contributed by atoms with Crippen LogP contribution in [-0.4, -0.2) is 25.9 Å². The number of benzene rings is 1. The van der Waals surface area contributed by atoms with Gasteiger partial charge in [-0.15, -0.1) is 0 Å². The second-order valence-electron chi connectivity index (χ2n) is 4.70. The van der Waals surface area contributed by atoms with Gasteiger partial charge in [-0.2, -0.15) is 8.78 Å². The molecule has 2 atom stereocenters. The molecule has 112 valence electrons. The van der Waals surface area contributed by atoms with E-state index in [0.717, 1.165) is 31.4 Å². The van der Waals surface area contributed by atoms with Gasteiger partial charge in [0, 0.05) is 19.2 Å². The molecule has 0 aliphatic heterocycles. The maximum Gasteiger partial charge on any atom is 0.387 e. The highest BCUT2D eigenvalue weighted by atomic mass is 19.3. The highest BCUT2D eigenvalue weighted by Gasteiger charge is 2.27. The molecule has 0 aromatic heterocycles. The van der Waals surface area contributed by atoms with Gasteiger partial charge in [-0.1, -0.05) is 0 Å². The molecule has 0 bridgehead atoms. The van der Waals surface area contributed by atoms with Gasteiger partial charge < -0.3 is 20.5 Å². The highest BCUT2D eigenvalue weighted by Crippen LogP contribution is 2.32. The van der Waals surface area contributed by atoms with Gasteiger partial charge >= 0.3 is 6.61 Å². The Kier molecular flexibility index (Phi) is 4.59. The van der Waals surface area contributed by atoms with Crippen molar-refractivity contribution in [2.24, 2.45) is 0 Å². The summed E-state index contributed by atoms with van der Waals surface area (Å²) in [6.45, 7) is -3.08.